The van der Waals surface area contributed by atoms with E-state index >= 15 is 0 Å². The average molecular weight is 149 g/mol. The van der Waals surface area contributed by atoms with Crippen molar-refractivity contribution in [3.05, 3.63) is 36.6 Å². The van der Waals surface area contributed by atoms with Gasteiger partial charge in [-0.2, -0.15) is 0 Å². The van der Waals surface area contributed by atoms with Crippen molar-refractivity contribution in [3.8, 4) is 0 Å². The van der Waals surface area contributed by atoms with Crippen LogP contribution in [-0.4, -0.2) is 6.54 Å². The molecule has 0 amide bonds. The highest BCUT2D eigenvalue weighted by atomic mass is 14.8. The third kappa shape index (κ3) is 3.08. The number of nitrogens with one attached hydrogen (secondary N) is 1. The molecule has 0 atom stereocenters. The number of allylic oxidation sites excluding steroid dienone is 4. The molecule has 0 radical (unpaired) electrons. The van der Waals surface area contributed by atoms with Gasteiger partial charge in [0.25, 0.3) is 0 Å². The van der Waals surface area contributed by atoms with Crippen molar-refractivity contribution in [3.63, 3.8) is 0 Å². The molecular weight excluding hydrogens is 134 g/mol. The van der Waals surface area contributed by atoms with Crippen molar-refractivity contribution in [2.45, 2.75) is 13.8 Å². The predicted octanol–water partition coefficient (Wildman–Crippen LogP) is 2.24. The predicted molar refractivity (Wildman–Crippen MR) is 49.2 cm³/mol. The van der Waals surface area contributed by atoms with E-state index in [1.54, 1.807) is 0 Å². The molecule has 0 fully saturated rings. The Labute approximate surface area is 68.5 Å². The molecule has 0 spiro atoms. The van der Waals surface area contributed by atoms with Gasteiger partial charge in [0.05, 0.1) is 0 Å². The van der Waals surface area contributed by atoms with E-state index < -0.39 is 0 Å². The van der Waals surface area contributed by atoms with E-state index in [1.165, 1.54) is 0 Å². The minimum atomic E-state index is 0.249. The van der Waals surface area contributed by atoms with Crippen molar-refractivity contribution in [1.82, 2.24) is 5.32 Å². The molecule has 1 aliphatic rings. The van der Waals surface area contributed by atoms with Gasteiger partial charge in [-0.1, -0.05) is 38.2 Å². The zero-order chi connectivity index (χ0) is 8.16. The van der Waals surface area contributed by atoms with E-state index in [0.29, 0.717) is 0 Å². The normalized spacial score (nSPS) is 30.4. The zero-order valence-corrected chi connectivity index (χ0v) is 7.17. The molecular formula is C10H15N. The average Bonchev–Trinajstić information content (AvgIpc) is 2.00. The highest BCUT2D eigenvalue weighted by Crippen LogP contribution is 2.15. The second-order valence-corrected chi connectivity index (χ2v) is 3.47. The summed E-state index contributed by atoms with van der Waals surface area (Å²) in [5, 5.41) is 3.23. The van der Waals surface area contributed by atoms with Crippen LogP contribution in [0.3, 0.4) is 0 Å². The Morgan fingerprint density at radius 2 is 1.82 bits per heavy atom. The summed E-state index contributed by atoms with van der Waals surface area (Å²) in [6, 6.07) is 0. The molecule has 1 heterocycles. The van der Waals surface area contributed by atoms with Gasteiger partial charge in [-0.15, -0.1) is 0 Å². The Morgan fingerprint density at radius 3 is 2.64 bits per heavy atom. The third-order valence-electron chi connectivity index (χ3n) is 1.65. The van der Waals surface area contributed by atoms with E-state index in [9.17, 15) is 0 Å². The molecule has 60 valence electrons. The Kier molecular flexibility index (Phi) is 2.53. The first kappa shape index (κ1) is 8.12. The highest BCUT2D eigenvalue weighted by Gasteiger charge is 2.11. The lowest BCUT2D eigenvalue weighted by Gasteiger charge is -2.19. The van der Waals surface area contributed by atoms with Gasteiger partial charge >= 0.3 is 0 Å². The van der Waals surface area contributed by atoms with Crippen LogP contribution in [0, 0.1) is 5.41 Å². The molecule has 1 nitrogen and oxygen atoms in total. The lowest BCUT2D eigenvalue weighted by molar-refractivity contribution is 0.463. The summed E-state index contributed by atoms with van der Waals surface area (Å²) in [5.41, 5.74) is 0.249. The molecule has 11 heavy (non-hydrogen) atoms. The van der Waals surface area contributed by atoms with Gasteiger partial charge in [0.1, 0.15) is 0 Å². The fourth-order valence-corrected chi connectivity index (χ4v) is 0.949. The van der Waals surface area contributed by atoms with Gasteiger partial charge < -0.3 is 5.32 Å². The first-order valence-electron chi connectivity index (χ1n) is 3.95. The van der Waals surface area contributed by atoms with Gasteiger partial charge in [-0.3, -0.25) is 0 Å². The maximum Gasteiger partial charge on any atom is 0.0227 e. The SMILES string of the molecule is CC1(C)/C=C/C=C\C=C\NC1. The van der Waals surface area contributed by atoms with Crippen molar-refractivity contribution >= 4 is 0 Å². The van der Waals surface area contributed by atoms with E-state index in [1.807, 2.05) is 24.4 Å². The maximum atomic E-state index is 3.23. The molecule has 0 saturated heterocycles. The summed E-state index contributed by atoms with van der Waals surface area (Å²) in [6.07, 6.45) is 12.4. The van der Waals surface area contributed by atoms with Crippen LogP contribution >= 0.6 is 0 Å². The molecule has 1 heteroatoms. The van der Waals surface area contributed by atoms with Crippen LogP contribution in [0.25, 0.3) is 0 Å². The summed E-state index contributed by atoms with van der Waals surface area (Å²) < 4.78 is 0. The molecule has 1 aliphatic heterocycles. The summed E-state index contributed by atoms with van der Waals surface area (Å²) in [4.78, 5) is 0. The van der Waals surface area contributed by atoms with Crippen LogP contribution in [0.1, 0.15) is 13.8 Å². The molecule has 0 saturated carbocycles. The maximum absolute atomic E-state index is 3.23. The molecule has 0 aromatic heterocycles. The van der Waals surface area contributed by atoms with Crippen LogP contribution in [-0.2, 0) is 0 Å². The number of hydrogen-bond donors (Lipinski definition) is 1. The molecule has 1 N–H and O–H groups in total. The van der Waals surface area contributed by atoms with Gasteiger partial charge in [-0.05, 0) is 12.3 Å². The van der Waals surface area contributed by atoms with E-state index in [0.717, 1.165) is 6.54 Å². The second-order valence-electron chi connectivity index (χ2n) is 3.47. The summed E-state index contributed by atoms with van der Waals surface area (Å²) >= 11 is 0. The Hall–Kier alpha value is -0.980. The zero-order valence-electron chi connectivity index (χ0n) is 7.17. The minimum Gasteiger partial charge on any atom is -0.390 e. The monoisotopic (exact) mass is 149 g/mol. The molecule has 1 rings (SSSR count). The van der Waals surface area contributed by atoms with Crippen molar-refractivity contribution < 1.29 is 0 Å². The van der Waals surface area contributed by atoms with Crippen molar-refractivity contribution in [1.29, 1.82) is 0 Å². The number of hydrogen-bond acceptors (Lipinski definition) is 1. The Balaban J connectivity index is 2.68. The minimum absolute atomic E-state index is 0.249. The van der Waals surface area contributed by atoms with Crippen molar-refractivity contribution in [2.24, 2.45) is 5.41 Å². The molecule has 0 aliphatic carbocycles. The third-order valence-corrected chi connectivity index (χ3v) is 1.65. The summed E-state index contributed by atoms with van der Waals surface area (Å²) in [7, 11) is 0. The van der Waals surface area contributed by atoms with Gasteiger partial charge in [0.15, 0.2) is 0 Å². The van der Waals surface area contributed by atoms with Gasteiger partial charge in [-0.25, -0.2) is 0 Å². The Bertz CT molecular complexity index is 197. The second kappa shape index (κ2) is 3.42. The van der Waals surface area contributed by atoms with Crippen LogP contribution in [0.4, 0.5) is 0 Å². The van der Waals surface area contributed by atoms with E-state index in [2.05, 4.69) is 31.3 Å². The van der Waals surface area contributed by atoms with Crippen LogP contribution in [0.15, 0.2) is 36.6 Å². The fraction of sp³-hybridized carbons (Fsp3) is 0.400. The number of rotatable bonds is 0. The van der Waals surface area contributed by atoms with Gasteiger partial charge in [0.2, 0.25) is 0 Å². The van der Waals surface area contributed by atoms with Crippen LogP contribution in [0.2, 0.25) is 0 Å². The molecule has 0 aromatic rings. The quantitative estimate of drug-likeness (QED) is 0.557. The lowest BCUT2D eigenvalue weighted by Crippen LogP contribution is -2.23. The van der Waals surface area contributed by atoms with E-state index in [-0.39, 0.29) is 5.41 Å². The molecule has 0 aromatic carbocycles. The first-order valence-corrected chi connectivity index (χ1v) is 3.95. The van der Waals surface area contributed by atoms with Crippen LogP contribution in [0.5, 0.6) is 0 Å². The summed E-state index contributed by atoms with van der Waals surface area (Å²) in [5.74, 6) is 0. The van der Waals surface area contributed by atoms with Crippen LogP contribution < -0.4 is 5.32 Å². The standard InChI is InChI=1S/C10H15N/c1-10(2)7-5-3-4-6-8-11-9-10/h3-8,11H,9H2,1-2H3/b4-3-,7-5+,8-6+. The topological polar surface area (TPSA) is 12.0 Å². The molecule has 0 bridgehead atoms. The lowest BCUT2D eigenvalue weighted by atomic mass is 9.93. The molecule has 0 unspecified atom stereocenters. The largest absolute Gasteiger partial charge is 0.390 e. The smallest absolute Gasteiger partial charge is 0.0227 e. The highest BCUT2D eigenvalue weighted by molar-refractivity contribution is 5.14. The Morgan fingerprint density at radius 1 is 1.09 bits per heavy atom. The van der Waals surface area contributed by atoms with E-state index in [4.69, 9.17) is 0 Å². The summed E-state index contributed by atoms with van der Waals surface area (Å²) in [6.45, 7) is 5.41. The van der Waals surface area contributed by atoms with Gasteiger partial charge in [0, 0.05) is 12.0 Å². The van der Waals surface area contributed by atoms with Crippen molar-refractivity contribution in [2.75, 3.05) is 6.54 Å². The fourth-order valence-electron chi connectivity index (χ4n) is 0.949. The first-order chi connectivity index (χ1) is 5.21.